The SMILES string of the molecule is Cc1cc(Nc2nc(C(F)(F)c3ccc(F)cc3)nn3cc(NC(=O)CN4CC(C)(F)C4)cc23)n[nH]1. The number of nitrogens with one attached hydrogen (secondary N) is 3. The van der Waals surface area contributed by atoms with Crippen molar-refractivity contribution in [3.8, 4) is 0 Å². The van der Waals surface area contributed by atoms with Crippen LogP contribution in [-0.4, -0.2) is 60.9 Å². The Kier molecular flexibility index (Phi) is 5.66. The van der Waals surface area contributed by atoms with Crippen LogP contribution in [0.25, 0.3) is 5.52 Å². The molecule has 4 heterocycles. The van der Waals surface area contributed by atoms with Gasteiger partial charge in [-0.1, -0.05) is 0 Å². The molecule has 13 heteroatoms. The number of fused-ring (bicyclic) bond motifs is 1. The summed E-state index contributed by atoms with van der Waals surface area (Å²) in [6.45, 7) is 3.54. The van der Waals surface area contributed by atoms with Gasteiger partial charge >= 0.3 is 5.92 Å². The third kappa shape index (κ3) is 4.73. The van der Waals surface area contributed by atoms with E-state index in [1.807, 2.05) is 0 Å². The number of anilines is 3. The Morgan fingerprint density at radius 1 is 1.22 bits per heavy atom. The van der Waals surface area contributed by atoms with E-state index in [0.29, 0.717) is 17.0 Å². The maximum Gasteiger partial charge on any atom is 0.333 e. The van der Waals surface area contributed by atoms with Gasteiger partial charge in [-0.3, -0.25) is 14.8 Å². The molecular formula is C23H22F4N8O. The highest BCUT2D eigenvalue weighted by molar-refractivity contribution is 5.93. The number of aromatic nitrogens is 5. The molecule has 9 nitrogen and oxygen atoms in total. The second kappa shape index (κ2) is 8.59. The zero-order valence-corrected chi connectivity index (χ0v) is 19.3. The first kappa shape index (κ1) is 23.7. The number of hydrogen-bond acceptors (Lipinski definition) is 6. The molecule has 3 N–H and O–H groups in total. The van der Waals surface area contributed by atoms with Crippen molar-refractivity contribution in [3.05, 3.63) is 65.5 Å². The summed E-state index contributed by atoms with van der Waals surface area (Å²) in [7, 11) is 0. The van der Waals surface area contributed by atoms with E-state index in [1.54, 1.807) is 17.9 Å². The third-order valence-electron chi connectivity index (χ3n) is 5.66. The monoisotopic (exact) mass is 502 g/mol. The summed E-state index contributed by atoms with van der Waals surface area (Å²) < 4.78 is 58.8. The number of nitrogens with zero attached hydrogens (tertiary/aromatic N) is 5. The molecule has 1 aromatic carbocycles. The summed E-state index contributed by atoms with van der Waals surface area (Å²) in [6.07, 6.45) is 1.37. The van der Waals surface area contributed by atoms with E-state index in [-0.39, 0.29) is 31.4 Å². The smallest absolute Gasteiger partial charge is 0.324 e. The molecule has 0 saturated carbocycles. The number of amides is 1. The number of likely N-dealkylation sites (tertiary alicyclic amines) is 1. The van der Waals surface area contributed by atoms with Crippen LogP contribution in [0.2, 0.25) is 0 Å². The number of aromatic amines is 1. The number of benzene rings is 1. The van der Waals surface area contributed by atoms with E-state index >= 15 is 8.78 Å². The van der Waals surface area contributed by atoms with Crippen molar-refractivity contribution in [1.82, 2.24) is 29.7 Å². The zero-order chi connectivity index (χ0) is 25.7. The Balaban J connectivity index is 1.48. The molecule has 188 valence electrons. The van der Waals surface area contributed by atoms with Crippen LogP contribution in [0.5, 0.6) is 0 Å². The van der Waals surface area contributed by atoms with Gasteiger partial charge in [-0.25, -0.2) is 18.3 Å². The number of rotatable bonds is 7. The molecule has 0 radical (unpaired) electrons. The van der Waals surface area contributed by atoms with Gasteiger partial charge in [0.2, 0.25) is 11.7 Å². The Morgan fingerprint density at radius 2 is 1.94 bits per heavy atom. The third-order valence-corrected chi connectivity index (χ3v) is 5.66. The molecule has 1 fully saturated rings. The van der Waals surface area contributed by atoms with E-state index in [2.05, 4.69) is 30.9 Å². The Morgan fingerprint density at radius 3 is 2.58 bits per heavy atom. The summed E-state index contributed by atoms with van der Waals surface area (Å²) in [5.74, 6) is -5.17. The van der Waals surface area contributed by atoms with Crippen molar-refractivity contribution < 1.29 is 22.4 Å². The molecule has 3 aromatic heterocycles. The van der Waals surface area contributed by atoms with Crippen LogP contribution in [0.15, 0.2) is 42.6 Å². The molecule has 0 aliphatic carbocycles. The highest BCUT2D eigenvalue weighted by Gasteiger charge is 2.40. The molecular weight excluding hydrogens is 480 g/mol. The van der Waals surface area contributed by atoms with Crippen LogP contribution in [0, 0.1) is 12.7 Å². The Hall–Kier alpha value is -4.00. The molecule has 0 unspecified atom stereocenters. The molecule has 5 rings (SSSR count). The molecule has 1 saturated heterocycles. The maximum absolute atomic E-state index is 15.3. The number of carbonyl (C=O) groups excluding carboxylic acids is 1. The predicted molar refractivity (Wildman–Crippen MR) is 124 cm³/mol. The summed E-state index contributed by atoms with van der Waals surface area (Å²) >= 11 is 0. The lowest BCUT2D eigenvalue weighted by atomic mass is 9.99. The summed E-state index contributed by atoms with van der Waals surface area (Å²) in [6, 6.07) is 6.97. The fourth-order valence-electron chi connectivity index (χ4n) is 4.09. The van der Waals surface area contributed by atoms with E-state index in [0.717, 1.165) is 30.0 Å². The average Bonchev–Trinajstić information content (AvgIpc) is 3.38. The lowest BCUT2D eigenvalue weighted by molar-refractivity contribution is -0.120. The Bertz CT molecular complexity index is 1420. The predicted octanol–water partition coefficient (Wildman–Crippen LogP) is 3.77. The molecule has 0 bridgehead atoms. The van der Waals surface area contributed by atoms with Gasteiger partial charge in [0.05, 0.1) is 18.4 Å². The molecule has 1 amide bonds. The highest BCUT2D eigenvalue weighted by atomic mass is 19.3. The van der Waals surface area contributed by atoms with Gasteiger partial charge in [0.1, 0.15) is 17.0 Å². The van der Waals surface area contributed by atoms with Crippen LogP contribution >= 0.6 is 0 Å². The number of carbonyl (C=O) groups is 1. The quantitative estimate of drug-likeness (QED) is 0.333. The number of aryl methyl sites for hydroxylation is 1. The van der Waals surface area contributed by atoms with E-state index in [1.165, 1.54) is 23.7 Å². The normalized spacial score (nSPS) is 15.6. The number of halogens is 4. The Labute approximate surface area is 202 Å². The molecule has 0 spiro atoms. The van der Waals surface area contributed by atoms with Gasteiger partial charge in [-0.15, -0.1) is 5.10 Å². The molecule has 1 aliphatic rings. The van der Waals surface area contributed by atoms with Crippen LogP contribution in [0.1, 0.15) is 24.0 Å². The fraction of sp³-hybridized carbons (Fsp3) is 0.304. The van der Waals surface area contributed by atoms with Crippen LogP contribution < -0.4 is 10.6 Å². The van der Waals surface area contributed by atoms with Crippen LogP contribution in [-0.2, 0) is 10.7 Å². The summed E-state index contributed by atoms with van der Waals surface area (Å²) in [5.41, 5.74) is -0.470. The molecule has 0 atom stereocenters. The van der Waals surface area contributed by atoms with Crippen molar-refractivity contribution in [1.29, 1.82) is 0 Å². The average molecular weight is 502 g/mol. The van der Waals surface area contributed by atoms with Gasteiger partial charge in [0, 0.05) is 30.4 Å². The minimum atomic E-state index is -3.65. The zero-order valence-electron chi connectivity index (χ0n) is 19.3. The lowest BCUT2D eigenvalue weighted by Gasteiger charge is -2.41. The number of H-pyrrole nitrogens is 1. The first-order valence-electron chi connectivity index (χ1n) is 11.0. The first-order valence-corrected chi connectivity index (χ1v) is 11.0. The van der Waals surface area contributed by atoms with E-state index < -0.39 is 28.8 Å². The van der Waals surface area contributed by atoms with Crippen LogP contribution in [0.4, 0.5) is 34.9 Å². The van der Waals surface area contributed by atoms with Gasteiger partial charge in [0.25, 0.3) is 0 Å². The summed E-state index contributed by atoms with van der Waals surface area (Å²) in [5, 5.41) is 16.3. The minimum Gasteiger partial charge on any atom is -0.324 e. The molecule has 1 aliphatic heterocycles. The number of hydrogen-bond donors (Lipinski definition) is 3. The van der Waals surface area contributed by atoms with Crippen LogP contribution in [0.3, 0.4) is 0 Å². The van der Waals surface area contributed by atoms with Gasteiger partial charge in [-0.2, -0.15) is 13.9 Å². The van der Waals surface area contributed by atoms with E-state index in [4.69, 9.17) is 0 Å². The second-order valence-electron chi connectivity index (χ2n) is 9.09. The van der Waals surface area contributed by atoms with Crippen molar-refractivity contribution >= 4 is 28.7 Å². The van der Waals surface area contributed by atoms with Crippen molar-refractivity contribution in [2.45, 2.75) is 25.4 Å². The first-order chi connectivity index (χ1) is 17.0. The maximum atomic E-state index is 15.3. The van der Waals surface area contributed by atoms with Crippen molar-refractivity contribution in [3.63, 3.8) is 0 Å². The standard InChI is InChI=1S/C23H22F4N8O/c1-13-7-18(32-31-13)29-20-17-8-16(28-19(36)10-34-11-22(2,25)12-34)9-35(17)33-21(30-20)23(26,27)14-3-5-15(24)6-4-14/h3-9H,10-12H2,1-2H3,(H,28,36)(H2,29,30,31,32,33). The largest absolute Gasteiger partial charge is 0.333 e. The fourth-order valence-corrected chi connectivity index (χ4v) is 4.09. The van der Waals surface area contributed by atoms with Gasteiger partial charge in [0.15, 0.2) is 11.6 Å². The van der Waals surface area contributed by atoms with E-state index in [9.17, 15) is 13.6 Å². The van der Waals surface area contributed by atoms with Gasteiger partial charge < -0.3 is 10.6 Å². The van der Waals surface area contributed by atoms with Gasteiger partial charge in [-0.05, 0) is 44.2 Å². The second-order valence-corrected chi connectivity index (χ2v) is 9.09. The van der Waals surface area contributed by atoms with Crippen molar-refractivity contribution in [2.75, 3.05) is 30.3 Å². The number of alkyl halides is 3. The summed E-state index contributed by atoms with van der Waals surface area (Å²) in [4.78, 5) is 18.1. The topological polar surface area (TPSA) is 103 Å². The lowest BCUT2D eigenvalue weighted by Crippen LogP contribution is -2.58. The molecule has 4 aromatic rings. The highest BCUT2D eigenvalue weighted by Crippen LogP contribution is 2.35. The molecule has 36 heavy (non-hydrogen) atoms. The minimum absolute atomic E-state index is 0.0110. The van der Waals surface area contributed by atoms with Crippen molar-refractivity contribution in [2.24, 2.45) is 0 Å².